The zero-order chi connectivity index (χ0) is 16.1. The monoisotopic (exact) mass is 336 g/mol. The number of carboxylic acid groups (broad SMARTS) is 1. The second kappa shape index (κ2) is 7.33. The number of aliphatic carboxylic acids is 1. The summed E-state index contributed by atoms with van der Waals surface area (Å²) in [4.78, 5) is 23.9. The Morgan fingerprint density at radius 3 is 2.32 bits per heavy atom. The molecule has 1 N–H and O–H groups in total. The number of carboxylic acids is 1. The highest BCUT2D eigenvalue weighted by Crippen LogP contribution is 2.31. The lowest BCUT2D eigenvalue weighted by Crippen LogP contribution is -2.01. The molecule has 114 valence electrons. The van der Waals surface area contributed by atoms with Gasteiger partial charge in [0, 0.05) is 9.79 Å². The van der Waals surface area contributed by atoms with Gasteiger partial charge in [0.1, 0.15) is 0 Å². The maximum atomic E-state index is 11.5. The fourth-order valence-corrected chi connectivity index (χ4v) is 3.00. The Bertz CT molecular complexity index is 698. The lowest BCUT2D eigenvalue weighted by molar-refractivity contribution is -0.136. The van der Waals surface area contributed by atoms with Crippen molar-refractivity contribution in [2.75, 3.05) is 7.11 Å². The van der Waals surface area contributed by atoms with E-state index in [1.54, 1.807) is 30.3 Å². The van der Waals surface area contributed by atoms with Crippen molar-refractivity contribution in [2.24, 2.45) is 0 Å². The molecular formula is C16H13ClO4S. The number of halogens is 1. The van der Waals surface area contributed by atoms with Crippen LogP contribution in [0.3, 0.4) is 0 Å². The summed E-state index contributed by atoms with van der Waals surface area (Å²) < 4.78 is 4.64. The summed E-state index contributed by atoms with van der Waals surface area (Å²) in [5, 5.41) is 9.07. The SMILES string of the molecule is COC(=O)c1ccc(Sc2ccc(CC(=O)O)cc2)cc1Cl. The quantitative estimate of drug-likeness (QED) is 0.839. The van der Waals surface area contributed by atoms with Crippen LogP contribution in [0.2, 0.25) is 5.02 Å². The third-order valence-corrected chi connectivity index (χ3v) is 4.17. The van der Waals surface area contributed by atoms with Crippen LogP contribution in [0.4, 0.5) is 0 Å². The molecule has 2 aromatic carbocycles. The summed E-state index contributed by atoms with van der Waals surface area (Å²) in [6.45, 7) is 0. The second-order valence-corrected chi connectivity index (χ2v) is 6.00. The number of carbonyl (C=O) groups is 2. The van der Waals surface area contributed by atoms with Crippen molar-refractivity contribution in [3.05, 3.63) is 58.6 Å². The molecule has 0 aliphatic heterocycles. The van der Waals surface area contributed by atoms with E-state index < -0.39 is 11.9 Å². The molecule has 0 saturated heterocycles. The van der Waals surface area contributed by atoms with Gasteiger partial charge >= 0.3 is 11.9 Å². The summed E-state index contributed by atoms with van der Waals surface area (Å²) in [6.07, 6.45) is 0.00456. The Labute approximate surface area is 137 Å². The normalized spacial score (nSPS) is 10.3. The third-order valence-electron chi connectivity index (χ3n) is 2.86. The summed E-state index contributed by atoms with van der Waals surface area (Å²) >= 11 is 7.55. The predicted molar refractivity (Wildman–Crippen MR) is 84.7 cm³/mol. The number of carbonyl (C=O) groups excluding carboxylic acids is 1. The number of hydrogen-bond donors (Lipinski definition) is 1. The Balaban J connectivity index is 2.12. The predicted octanol–water partition coefficient (Wildman–Crippen LogP) is 3.90. The molecule has 22 heavy (non-hydrogen) atoms. The van der Waals surface area contributed by atoms with Crippen molar-refractivity contribution in [2.45, 2.75) is 16.2 Å². The Morgan fingerprint density at radius 1 is 1.14 bits per heavy atom. The van der Waals surface area contributed by atoms with E-state index in [0.717, 1.165) is 15.4 Å². The van der Waals surface area contributed by atoms with Crippen LogP contribution in [-0.4, -0.2) is 24.2 Å². The molecule has 2 aromatic rings. The summed E-state index contributed by atoms with van der Waals surface area (Å²) in [6, 6.07) is 12.4. The van der Waals surface area contributed by atoms with E-state index >= 15 is 0 Å². The van der Waals surface area contributed by atoms with Crippen LogP contribution in [0.15, 0.2) is 52.3 Å². The molecule has 0 bridgehead atoms. The number of methoxy groups -OCH3 is 1. The van der Waals surface area contributed by atoms with Gasteiger partial charge < -0.3 is 9.84 Å². The number of benzene rings is 2. The molecule has 0 fully saturated rings. The average molecular weight is 337 g/mol. The van der Waals surface area contributed by atoms with E-state index in [1.165, 1.54) is 18.9 Å². The molecule has 0 amide bonds. The molecule has 0 unspecified atom stereocenters. The van der Waals surface area contributed by atoms with Crippen LogP contribution in [0, 0.1) is 0 Å². The minimum absolute atomic E-state index is 0.00456. The molecule has 4 nitrogen and oxygen atoms in total. The fraction of sp³-hybridized carbons (Fsp3) is 0.125. The Kier molecular flexibility index (Phi) is 5.46. The fourth-order valence-electron chi connectivity index (χ4n) is 1.82. The first-order valence-corrected chi connectivity index (χ1v) is 7.55. The molecule has 6 heteroatoms. The lowest BCUT2D eigenvalue weighted by atomic mass is 10.2. The maximum Gasteiger partial charge on any atom is 0.339 e. The Hall–Kier alpha value is -1.98. The number of hydrogen-bond acceptors (Lipinski definition) is 4. The van der Waals surface area contributed by atoms with Crippen LogP contribution in [0.1, 0.15) is 15.9 Å². The van der Waals surface area contributed by atoms with E-state index in [2.05, 4.69) is 4.74 Å². The maximum absolute atomic E-state index is 11.5. The topological polar surface area (TPSA) is 63.6 Å². The van der Waals surface area contributed by atoms with Crippen molar-refractivity contribution in [3.63, 3.8) is 0 Å². The van der Waals surface area contributed by atoms with Crippen LogP contribution in [-0.2, 0) is 16.0 Å². The zero-order valence-electron chi connectivity index (χ0n) is 11.7. The van der Waals surface area contributed by atoms with Crippen molar-refractivity contribution in [3.8, 4) is 0 Å². The standard InChI is InChI=1S/C16H13ClO4S/c1-21-16(20)13-7-6-12(9-14(13)17)22-11-4-2-10(3-5-11)8-15(18)19/h2-7,9H,8H2,1H3,(H,18,19). The van der Waals surface area contributed by atoms with Crippen LogP contribution in [0.5, 0.6) is 0 Å². The van der Waals surface area contributed by atoms with Crippen molar-refractivity contribution >= 4 is 35.3 Å². The summed E-state index contributed by atoms with van der Waals surface area (Å²) in [5.41, 5.74) is 1.07. The van der Waals surface area contributed by atoms with Gasteiger partial charge in [0.25, 0.3) is 0 Å². The van der Waals surface area contributed by atoms with Crippen molar-refractivity contribution < 1.29 is 19.4 Å². The van der Waals surface area contributed by atoms with Gasteiger partial charge in [-0.25, -0.2) is 4.79 Å². The highest BCUT2D eigenvalue weighted by atomic mass is 35.5. The first-order valence-electron chi connectivity index (χ1n) is 6.36. The minimum atomic E-state index is -0.856. The number of rotatable bonds is 5. The zero-order valence-corrected chi connectivity index (χ0v) is 13.3. The number of ether oxygens (including phenoxy) is 1. The summed E-state index contributed by atoms with van der Waals surface area (Å²) in [5.74, 6) is -1.33. The molecule has 2 rings (SSSR count). The van der Waals surface area contributed by atoms with Gasteiger partial charge in [-0.2, -0.15) is 0 Å². The first-order chi connectivity index (χ1) is 10.5. The van der Waals surface area contributed by atoms with Gasteiger partial charge in [-0.1, -0.05) is 35.5 Å². The number of esters is 1. The van der Waals surface area contributed by atoms with Crippen LogP contribution in [0.25, 0.3) is 0 Å². The van der Waals surface area contributed by atoms with Gasteiger partial charge in [-0.05, 0) is 35.9 Å². The van der Waals surface area contributed by atoms with Gasteiger partial charge in [-0.15, -0.1) is 0 Å². The summed E-state index contributed by atoms with van der Waals surface area (Å²) in [7, 11) is 1.31. The highest BCUT2D eigenvalue weighted by molar-refractivity contribution is 7.99. The third kappa shape index (κ3) is 4.26. The molecule has 0 radical (unpaired) electrons. The van der Waals surface area contributed by atoms with Crippen LogP contribution < -0.4 is 0 Å². The largest absolute Gasteiger partial charge is 0.481 e. The van der Waals surface area contributed by atoms with Crippen molar-refractivity contribution in [1.29, 1.82) is 0 Å². The van der Waals surface area contributed by atoms with E-state index in [1.807, 2.05) is 12.1 Å². The first kappa shape index (κ1) is 16.4. The molecular weight excluding hydrogens is 324 g/mol. The Morgan fingerprint density at radius 2 is 1.77 bits per heavy atom. The second-order valence-electron chi connectivity index (χ2n) is 4.45. The molecule has 0 heterocycles. The molecule has 0 aliphatic carbocycles. The van der Waals surface area contributed by atoms with Gasteiger partial charge in [0.15, 0.2) is 0 Å². The van der Waals surface area contributed by atoms with E-state index in [9.17, 15) is 9.59 Å². The van der Waals surface area contributed by atoms with Crippen LogP contribution >= 0.6 is 23.4 Å². The van der Waals surface area contributed by atoms with Gasteiger partial charge in [-0.3, -0.25) is 4.79 Å². The van der Waals surface area contributed by atoms with Crippen molar-refractivity contribution in [1.82, 2.24) is 0 Å². The molecule has 0 saturated carbocycles. The van der Waals surface area contributed by atoms with E-state index in [-0.39, 0.29) is 6.42 Å². The van der Waals surface area contributed by atoms with E-state index in [0.29, 0.717) is 10.6 Å². The lowest BCUT2D eigenvalue weighted by Gasteiger charge is -2.06. The molecule has 0 atom stereocenters. The average Bonchev–Trinajstić information content (AvgIpc) is 2.48. The molecule has 0 aliphatic rings. The van der Waals surface area contributed by atoms with Gasteiger partial charge in [0.05, 0.1) is 24.1 Å². The smallest absolute Gasteiger partial charge is 0.339 e. The highest BCUT2D eigenvalue weighted by Gasteiger charge is 2.11. The molecule has 0 aromatic heterocycles. The van der Waals surface area contributed by atoms with Gasteiger partial charge in [0.2, 0.25) is 0 Å². The van der Waals surface area contributed by atoms with E-state index in [4.69, 9.17) is 16.7 Å². The molecule has 0 spiro atoms. The minimum Gasteiger partial charge on any atom is -0.481 e.